The van der Waals surface area contributed by atoms with Crippen molar-refractivity contribution >= 4 is 21.6 Å². The van der Waals surface area contributed by atoms with Gasteiger partial charge < -0.3 is 4.57 Å². The number of benzene rings is 3. The zero-order valence-electron chi connectivity index (χ0n) is 14.2. The summed E-state index contributed by atoms with van der Waals surface area (Å²) in [6.07, 6.45) is 3.83. The van der Waals surface area contributed by atoms with Crippen molar-refractivity contribution in [3.05, 3.63) is 90.7 Å². The maximum Gasteiger partial charge on any atom is 0.0674 e. The fraction of sp³-hybridized carbons (Fsp3) is 0. The van der Waals surface area contributed by atoms with Gasteiger partial charge in [-0.15, -0.1) is 29.5 Å². The molecule has 5 heteroatoms. The van der Waals surface area contributed by atoms with E-state index in [-0.39, 0.29) is 20.1 Å². The first kappa shape index (κ1) is 17.8. The maximum absolute atomic E-state index is 4.62. The van der Waals surface area contributed by atoms with E-state index in [1.165, 1.54) is 5.56 Å². The molecular formula is C22H14IrN3S-. The molecule has 3 nitrogen and oxygen atoms in total. The van der Waals surface area contributed by atoms with Crippen LogP contribution in [0.25, 0.3) is 38.4 Å². The molecule has 0 spiro atoms. The fourth-order valence-corrected chi connectivity index (χ4v) is 3.91. The molecule has 5 aromatic rings. The Balaban J connectivity index is 0.00000180. The molecule has 0 unspecified atom stereocenters. The minimum atomic E-state index is 0. The van der Waals surface area contributed by atoms with E-state index in [0.717, 1.165) is 32.9 Å². The van der Waals surface area contributed by atoms with Gasteiger partial charge in [0.05, 0.1) is 11.3 Å². The van der Waals surface area contributed by atoms with E-state index in [2.05, 4.69) is 69.1 Å². The molecule has 0 bridgehead atoms. The van der Waals surface area contributed by atoms with Crippen molar-refractivity contribution in [2.45, 2.75) is 0 Å². The largest absolute Gasteiger partial charge is 0.339 e. The van der Waals surface area contributed by atoms with E-state index in [4.69, 9.17) is 0 Å². The first-order valence-corrected chi connectivity index (χ1v) is 9.22. The summed E-state index contributed by atoms with van der Waals surface area (Å²) in [5, 5.41) is 0. The molecule has 5 rings (SSSR count). The first-order chi connectivity index (χ1) is 12.9. The molecule has 27 heavy (non-hydrogen) atoms. The number of aromatic nitrogens is 3. The second-order valence-electron chi connectivity index (χ2n) is 5.92. The van der Waals surface area contributed by atoms with Gasteiger partial charge in [0.15, 0.2) is 0 Å². The quantitative estimate of drug-likeness (QED) is 0.277. The van der Waals surface area contributed by atoms with Crippen LogP contribution in [0.5, 0.6) is 0 Å². The zero-order valence-corrected chi connectivity index (χ0v) is 17.4. The number of hydrogen-bond acceptors (Lipinski definition) is 3. The number of nitrogens with zero attached hydrogens (tertiary/aromatic N) is 3. The minimum Gasteiger partial charge on any atom is -0.339 e. The number of hydrogen-bond donors (Lipinski definition) is 0. The average molecular weight is 545 g/mol. The molecule has 0 saturated heterocycles. The topological polar surface area (TPSA) is 30.7 Å². The Morgan fingerprint density at radius 1 is 0.889 bits per heavy atom. The molecule has 3 aromatic carbocycles. The number of rotatable bonds is 3. The van der Waals surface area contributed by atoms with Crippen LogP contribution in [0, 0.1) is 6.07 Å². The molecule has 0 aliphatic carbocycles. The molecule has 133 valence electrons. The van der Waals surface area contributed by atoms with Crippen molar-refractivity contribution in [1.29, 1.82) is 0 Å². The minimum absolute atomic E-state index is 0. The summed E-state index contributed by atoms with van der Waals surface area (Å²) in [5.74, 6) is 0.852. The van der Waals surface area contributed by atoms with E-state index >= 15 is 0 Å². The Kier molecular flexibility index (Phi) is 4.99. The van der Waals surface area contributed by atoms with E-state index in [9.17, 15) is 0 Å². The Morgan fingerprint density at radius 2 is 1.70 bits per heavy atom. The van der Waals surface area contributed by atoms with Crippen molar-refractivity contribution < 1.29 is 20.1 Å². The summed E-state index contributed by atoms with van der Waals surface area (Å²) < 4.78 is 3.26. The fourth-order valence-electron chi connectivity index (χ4n) is 3.23. The van der Waals surface area contributed by atoms with Crippen LogP contribution in [-0.4, -0.2) is 14.5 Å². The Hall–Kier alpha value is -2.59. The SMILES string of the molecule is [Ir].[c-]1ccc2scnc2c1-c1nccn1-c1ccccc1-c1ccccc1. The molecular weight excluding hydrogens is 531 g/mol. The monoisotopic (exact) mass is 545 g/mol. The van der Waals surface area contributed by atoms with Crippen LogP contribution in [-0.2, 0) is 20.1 Å². The summed E-state index contributed by atoms with van der Waals surface area (Å²) in [6.45, 7) is 0. The predicted octanol–water partition coefficient (Wildman–Crippen LogP) is 5.61. The molecule has 0 fully saturated rings. The van der Waals surface area contributed by atoms with Crippen LogP contribution < -0.4 is 0 Å². The molecule has 0 aliphatic rings. The van der Waals surface area contributed by atoms with Gasteiger partial charge in [0.25, 0.3) is 0 Å². The van der Waals surface area contributed by atoms with Gasteiger partial charge in [0.2, 0.25) is 0 Å². The van der Waals surface area contributed by atoms with Crippen LogP contribution in [0.15, 0.2) is 84.6 Å². The summed E-state index contributed by atoms with van der Waals surface area (Å²) in [4.78, 5) is 9.15. The van der Waals surface area contributed by atoms with Gasteiger partial charge in [-0.3, -0.25) is 9.97 Å². The van der Waals surface area contributed by atoms with Crippen molar-refractivity contribution in [2.24, 2.45) is 0 Å². The van der Waals surface area contributed by atoms with E-state index in [0.29, 0.717) is 0 Å². The van der Waals surface area contributed by atoms with Gasteiger partial charge in [-0.05, 0) is 16.3 Å². The van der Waals surface area contributed by atoms with E-state index in [1.807, 2.05) is 36.1 Å². The molecule has 0 saturated carbocycles. The third-order valence-corrected chi connectivity index (χ3v) is 5.20. The van der Waals surface area contributed by atoms with Gasteiger partial charge in [0.1, 0.15) is 0 Å². The predicted molar refractivity (Wildman–Crippen MR) is 106 cm³/mol. The van der Waals surface area contributed by atoms with E-state index < -0.39 is 0 Å². The maximum atomic E-state index is 4.62. The van der Waals surface area contributed by atoms with Gasteiger partial charge in [-0.25, -0.2) is 0 Å². The molecule has 2 aromatic heterocycles. The number of imidazole rings is 1. The van der Waals surface area contributed by atoms with Crippen LogP contribution in [0.4, 0.5) is 0 Å². The molecule has 0 atom stereocenters. The van der Waals surface area contributed by atoms with Crippen LogP contribution in [0.1, 0.15) is 0 Å². The Bertz CT molecular complexity index is 1190. The van der Waals surface area contributed by atoms with Crippen molar-refractivity contribution in [3.63, 3.8) is 0 Å². The number of para-hydroxylation sites is 1. The van der Waals surface area contributed by atoms with Crippen molar-refractivity contribution in [1.82, 2.24) is 14.5 Å². The molecule has 1 radical (unpaired) electrons. The summed E-state index contributed by atoms with van der Waals surface area (Å²) in [7, 11) is 0. The molecule has 0 N–H and O–H groups in total. The van der Waals surface area contributed by atoms with Crippen LogP contribution >= 0.6 is 11.3 Å². The van der Waals surface area contributed by atoms with Gasteiger partial charge in [0, 0.05) is 49.3 Å². The second kappa shape index (κ2) is 7.57. The summed E-state index contributed by atoms with van der Waals surface area (Å²) in [5.41, 5.74) is 7.18. The normalized spacial score (nSPS) is 10.7. The van der Waals surface area contributed by atoms with Crippen molar-refractivity contribution in [3.8, 4) is 28.2 Å². The van der Waals surface area contributed by atoms with Crippen LogP contribution in [0.3, 0.4) is 0 Å². The Labute approximate surface area is 174 Å². The Morgan fingerprint density at radius 3 is 2.59 bits per heavy atom. The van der Waals surface area contributed by atoms with Gasteiger partial charge in [-0.1, -0.05) is 54.1 Å². The molecule has 0 amide bonds. The van der Waals surface area contributed by atoms with Gasteiger partial charge in [-0.2, -0.15) is 0 Å². The zero-order chi connectivity index (χ0) is 17.3. The third kappa shape index (κ3) is 3.15. The van der Waals surface area contributed by atoms with Gasteiger partial charge >= 0.3 is 0 Å². The smallest absolute Gasteiger partial charge is 0.0674 e. The third-order valence-electron chi connectivity index (χ3n) is 4.41. The molecule has 2 heterocycles. The van der Waals surface area contributed by atoms with Crippen LogP contribution in [0.2, 0.25) is 0 Å². The summed E-state index contributed by atoms with van der Waals surface area (Å²) in [6, 6.07) is 26.1. The van der Waals surface area contributed by atoms with E-state index in [1.54, 1.807) is 11.3 Å². The van der Waals surface area contributed by atoms with Crippen molar-refractivity contribution in [2.75, 3.05) is 0 Å². The summed E-state index contributed by atoms with van der Waals surface area (Å²) >= 11 is 1.63. The average Bonchev–Trinajstić information content (AvgIpc) is 3.38. The standard InChI is InChI=1S/C22H14N3S.Ir/c1-2-7-16(8-3-1)17-9-4-5-11-19(17)25-14-13-23-22(25)18-10-6-12-20-21(18)24-15-26-20;/h1-9,11-15H;/q-1;. The molecule has 0 aliphatic heterocycles. The second-order valence-corrected chi connectivity index (χ2v) is 6.81. The first-order valence-electron chi connectivity index (χ1n) is 8.34. The number of fused-ring (bicyclic) bond motifs is 1. The number of thiazole rings is 1.